The van der Waals surface area contributed by atoms with Gasteiger partial charge in [0, 0.05) is 27.0 Å². The van der Waals surface area contributed by atoms with Crippen molar-refractivity contribution in [1.82, 2.24) is 4.31 Å². The molecule has 20 heavy (non-hydrogen) atoms. The van der Waals surface area contributed by atoms with Crippen LogP contribution < -0.4 is 0 Å². The number of sulfonamides is 1. The summed E-state index contributed by atoms with van der Waals surface area (Å²) in [5.74, 6) is -1.21. The van der Waals surface area contributed by atoms with Gasteiger partial charge in [-0.25, -0.2) is 8.42 Å². The Morgan fingerprint density at radius 1 is 1.55 bits per heavy atom. The van der Waals surface area contributed by atoms with E-state index in [9.17, 15) is 18.3 Å². The average Bonchev–Trinajstić information content (AvgIpc) is 2.75. The zero-order chi connectivity index (χ0) is 15.1. The molecule has 1 heterocycles. The van der Waals surface area contributed by atoms with Gasteiger partial charge >= 0.3 is 5.97 Å². The summed E-state index contributed by atoms with van der Waals surface area (Å²) >= 11 is 5.56. The summed E-state index contributed by atoms with van der Waals surface area (Å²) < 4.78 is 35.4. The Labute approximate surface area is 121 Å². The van der Waals surface area contributed by atoms with Gasteiger partial charge in [-0.2, -0.15) is 4.31 Å². The Hall–Kier alpha value is -1.09. The van der Waals surface area contributed by atoms with E-state index in [1.165, 1.54) is 26.3 Å². The Kier molecular flexibility index (Phi) is 3.85. The maximum absolute atomic E-state index is 12.4. The first kappa shape index (κ1) is 15.3. The van der Waals surface area contributed by atoms with Gasteiger partial charge in [-0.1, -0.05) is 0 Å². The molecule has 0 aliphatic heterocycles. The lowest BCUT2D eigenvalue weighted by molar-refractivity contribution is -0.162. The molecule has 0 radical (unpaired) electrons. The number of nitrogens with zero attached hydrogens (tertiary/aromatic N) is 1. The molecule has 1 N–H and O–H groups in total. The Morgan fingerprint density at radius 2 is 2.15 bits per heavy atom. The monoisotopic (exact) mass is 323 g/mol. The van der Waals surface area contributed by atoms with Crippen LogP contribution in [0.25, 0.3) is 0 Å². The number of aliphatic carboxylic acids is 1. The van der Waals surface area contributed by atoms with Crippen molar-refractivity contribution in [2.45, 2.75) is 29.6 Å². The van der Waals surface area contributed by atoms with E-state index < -0.39 is 21.5 Å². The van der Waals surface area contributed by atoms with Crippen LogP contribution in [0.5, 0.6) is 0 Å². The third-order valence-electron chi connectivity index (χ3n) is 3.63. The van der Waals surface area contributed by atoms with E-state index in [1.54, 1.807) is 0 Å². The maximum Gasteiger partial charge on any atom is 0.325 e. The molecule has 0 saturated heterocycles. The topological polar surface area (TPSA) is 97.0 Å². The third-order valence-corrected chi connectivity index (χ3v) is 5.63. The number of furan rings is 1. The Bertz CT molecular complexity index is 619. The van der Waals surface area contributed by atoms with E-state index in [2.05, 4.69) is 0 Å². The minimum atomic E-state index is -4.07. The molecule has 112 valence electrons. The van der Waals surface area contributed by atoms with E-state index in [0.29, 0.717) is 0 Å². The van der Waals surface area contributed by atoms with Crippen LogP contribution in [0.2, 0.25) is 5.22 Å². The van der Waals surface area contributed by atoms with E-state index in [4.69, 9.17) is 20.8 Å². The number of hydrogen-bond acceptors (Lipinski definition) is 5. The van der Waals surface area contributed by atoms with Crippen LogP contribution in [0.15, 0.2) is 21.6 Å². The summed E-state index contributed by atoms with van der Waals surface area (Å²) in [5.41, 5.74) is -1.52. The van der Waals surface area contributed by atoms with E-state index in [0.717, 1.165) is 4.31 Å². The number of methoxy groups -OCH3 is 1. The van der Waals surface area contributed by atoms with Gasteiger partial charge in [-0.15, -0.1) is 0 Å². The minimum Gasteiger partial charge on any atom is -0.480 e. The van der Waals surface area contributed by atoms with Crippen molar-refractivity contribution in [3.63, 3.8) is 0 Å². The van der Waals surface area contributed by atoms with Crippen molar-refractivity contribution in [3.05, 3.63) is 17.4 Å². The molecule has 1 saturated carbocycles. The maximum atomic E-state index is 12.4. The van der Waals surface area contributed by atoms with E-state index in [1.807, 2.05) is 0 Å². The number of carbonyl (C=O) groups is 1. The van der Waals surface area contributed by atoms with Gasteiger partial charge in [0.15, 0.2) is 5.22 Å². The van der Waals surface area contributed by atoms with Gasteiger partial charge in [-0.3, -0.25) is 4.79 Å². The molecule has 2 rings (SSSR count). The summed E-state index contributed by atoms with van der Waals surface area (Å²) in [6.07, 6.45) is -0.102. The van der Waals surface area contributed by atoms with Crippen LogP contribution in [0, 0.1) is 0 Å². The molecule has 1 aliphatic rings. The zero-order valence-electron chi connectivity index (χ0n) is 10.9. The van der Waals surface area contributed by atoms with Crippen molar-refractivity contribution < 1.29 is 27.5 Å². The molecule has 1 aliphatic carbocycles. The molecular formula is C11H14ClNO6S. The Morgan fingerprint density at radius 3 is 2.55 bits per heavy atom. The van der Waals surface area contributed by atoms with Crippen LogP contribution in [0.4, 0.5) is 0 Å². The first-order valence-corrected chi connectivity index (χ1v) is 7.56. The van der Waals surface area contributed by atoms with Crippen molar-refractivity contribution in [2.75, 3.05) is 14.2 Å². The normalized spacial score (nSPS) is 26.5. The number of ether oxygens (including phenoxy) is 1. The molecule has 0 bridgehead atoms. The SMILES string of the molecule is COC1CC(C(=O)O)(N(C)S(=O)(=O)c2ccc(Cl)o2)C1. The molecule has 7 nitrogen and oxygen atoms in total. The molecule has 1 aromatic rings. The van der Waals surface area contributed by atoms with Gasteiger partial charge in [0.1, 0.15) is 5.54 Å². The first-order valence-electron chi connectivity index (χ1n) is 5.74. The van der Waals surface area contributed by atoms with Crippen LogP contribution in [-0.2, 0) is 19.6 Å². The summed E-state index contributed by atoms with van der Waals surface area (Å²) in [6, 6.07) is 2.48. The summed E-state index contributed by atoms with van der Waals surface area (Å²) in [6.45, 7) is 0. The molecule has 0 unspecified atom stereocenters. The molecule has 9 heteroatoms. The van der Waals surface area contributed by atoms with Gasteiger partial charge in [0.25, 0.3) is 10.0 Å². The van der Waals surface area contributed by atoms with Crippen molar-refractivity contribution >= 4 is 27.6 Å². The lowest BCUT2D eigenvalue weighted by Crippen LogP contribution is -2.64. The zero-order valence-corrected chi connectivity index (χ0v) is 12.4. The van der Waals surface area contributed by atoms with Crippen LogP contribution >= 0.6 is 11.6 Å². The fourth-order valence-electron chi connectivity index (χ4n) is 2.23. The van der Waals surface area contributed by atoms with E-state index in [-0.39, 0.29) is 29.3 Å². The lowest BCUT2D eigenvalue weighted by atomic mass is 9.74. The predicted molar refractivity (Wildman–Crippen MR) is 69.1 cm³/mol. The summed E-state index contributed by atoms with van der Waals surface area (Å²) in [4.78, 5) is 11.5. The predicted octanol–water partition coefficient (Wildman–Crippen LogP) is 1.19. The van der Waals surface area contributed by atoms with Gasteiger partial charge < -0.3 is 14.3 Å². The number of halogens is 1. The summed E-state index contributed by atoms with van der Waals surface area (Å²) in [7, 11) is -1.40. The van der Waals surface area contributed by atoms with Gasteiger partial charge in [-0.05, 0) is 23.7 Å². The standard InChI is InChI=1S/C11H14ClNO6S/c1-13(11(10(14)15)5-7(6-11)18-2)20(16,17)9-4-3-8(12)19-9/h3-4,7H,5-6H2,1-2H3,(H,14,15). The Balaban J connectivity index is 2.34. The van der Waals surface area contributed by atoms with Gasteiger partial charge in [0.05, 0.1) is 6.10 Å². The van der Waals surface area contributed by atoms with Crippen molar-refractivity contribution in [2.24, 2.45) is 0 Å². The second-order valence-corrected chi connectivity index (χ2v) is 6.91. The second-order valence-electron chi connectivity index (χ2n) is 4.63. The number of rotatable bonds is 5. The molecule has 0 spiro atoms. The fraction of sp³-hybridized carbons (Fsp3) is 0.545. The summed E-state index contributed by atoms with van der Waals surface area (Å²) in [5, 5.41) is 8.90. The highest BCUT2D eigenvalue weighted by Crippen LogP contribution is 2.42. The average molecular weight is 324 g/mol. The number of likely N-dealkylation sites (N-methyl/N-ethyl adjacent to an activating group) is 1. The molecule has 0 amide bonds. The highest BCUT2D eigenvalue weighted by molar-refractivity contribution is 7.89. The third kappa shape index (κ3) is 2.22. The second kappa shape index (κ2) is 5.03. The lowest BCUT2D eigenvalue weighted by Gasteiger charge is -2.47. The van der Waals surface area contributed by atoms with Gasteiger partial charge in [0.2, 0.25) is 5.09 Å². The van der Waals surface area contributed by atoms with E-state index >= 15 is 0 Å². The number of carboxylic acids is 1. The van der Waals surface area contributed by atoms with Crippen LogP contribution in [0.3, 0.4) is 0 Å². The highest BCUT2D eigenvalue weighted by atomic mass is 35.5. The molecule has 1 fully saturated rings. The smallest absolute Gasteiger partial charge is 0.325 e. The highest BCUT2D eigenvalue weighted by Gasteiger charge is 2.58. The van der Waals surface area contributed by atoms with Crippen molar-refractivity contribution in [3.8, 4) is 0 Å². The minimum absolute atomic E-state index is 0.0790. The molecule has 0 atom stereocenters. The van der Waals surface area contributed by atoms with Crippen molar-refractivity contribution in [1.29, 1.82) is 0 Å². The molecular weight excluding hydrogens is 310 g/mol. The largest absolute Gasteiger partial charge is 0.480 e. The fourth-order valence-corrected chi connectivity index (χ4v) is 3.81. The molecule has 1 aromatic heterocycles. The number of carboxylic acid groups (broad SMARTS) is 1. The van der Waals surface area contributed by atoms with Crippen LogP contribution in [0.1, 0.15) is 12.8 Å². The van der Waals surface area contributed by atoms with Crippen LogP contribution in [-0.4, -0.2) is 49.6 Å². The molecule has 0 aromatic carbocycles. The number of hydrogen-bond donors (Lipinski definition) is 1. The first-order chi connectivity index (χ1) is 9.24. The quantitative estimate of drug-likeness (QED) is 0.874.